The van der Waals surface area contributed by atoms with Crippen LogP contribution in [0.25, 0.3) is 0 Å². The van der Waals surface area contributed by atoms with E-state index in [2.05, 4.69) is 31.9 Å². The summed E-state index contributed by atoms with van der Waals surface area (Å²) in [6, 6.07) is 5.48. The highest BCUT2D eigenvalue weighted by Crippen LogP contribution is 2.26. The molecule has 0 unspecified atom stereocenters. The first-order chi connectivity index (χ1) is 7.58. The average Bonchev–Trinajstić information content (AvgIpc) is 2.23. The maximum atomic E-state index is 11.3. The van der Waals surface area contributed by atoms with Gasteiger partial charge in [-0.3, -0.25) is 4.79 Å². The Morgan fingerprint density at radius 2 is 2.12 bits per heavy atom. The second kappa shape index (κ2) is 6.02. The predicted octanol–water partition coefficient (Wildman–Crippen LogP) is 3.19. The summed E-state index contributed by atoms with van der Waals surface area (Å²) < 4.78 is 6.27. The van der Waals surface area contributed by atoms with Crippen molar-refractivity contribution in [2.45, 2.75) is 13.3 Å². The van der Waals surface area contributed by atoms with Gasteiger partial charge in [0.1, 0.15) is 6.07 Å². The van der Waals surface area contributed by atoms with E-state index in [0.29, 0.717) is 16.6 Å². The minimum Gasteiger partial charge on any atom is -0.466 e. The highest BCUT2D eigenvalue weighted by molar-refractivity contribution is 9.11. The summed E-state index contributed by atoms with van der Waals surface area (Å²) in [5, 5.41) is 8.81. The predicted molar refractivity (Wildman–Crippen MR) is 66.9 cm³/mol. The molecular weight excluding hydrogens is 338 g/mol. The van der Waals surface area contributed by atoms with Gasteiger partial charge >= 0.3 is 5.97 Å². The number of carbonyl (C=O) groups is 1. The summed E-state index contributed by atoms with van der Waals surface area (Å²) in [4.78, 5) is 11.3. The van der Waals surface area contributed by atoms with Crippen molar-refractivity contribution in [3.63, 3.8) is 0 Å². The largest absolute Gasteiger partial charge is 0.466 e. The fourth-order valence-electron chi connectivity index (χ4n) is 1.18. The molecule has 0 fully saturated rings. The van der Waals surface area contributed by atoms with Crippen molar-refractivity contribution < 1.29 is 9.53 Å². The standard InChI is InChI=1S/C11H9Br2NO2/c1-2-16-11(15)5-7-3-10(13)8(6-14)4-9(7)12/h3-4H,2,5H2,1H3. The summed E-state index contributed by atoms with van der Waals surface area (Å²) >= 11 is 6.60. The Labute approximate surface area is 111 Å². The number of hydrogen-bond donors (Lipinski definition) is 0. The third-order valence-corrected chi connectivity index (χ3v) is 3.29. The maximum absolute atomic E-state index is 11.3. The van der Waals surface area contributed by atoms with E-state index in [9.17, 15) is 4.79 Å². The van der Waals surface area contributed by atoms with Gasteiger partial charge in [0, 0.05) is 8.95 Å². The normalized spacial score (nSPS) is 9.62. The zero-order valence-electron chi connectivity index (χ0n) is 8.59. The molecule has 0 amide bonds. The van der Waals surface area contributed by atoms with E-state index in [-0.39, 0.29) is 12.4 Å². The molecule has 0 aliphatic rings. The van der Waals surface area contributed by atoms with Crippen LogP contribution < -0.4 is 0 Å². The molecule has 5 heteroatoms. The van der Waals surface area contributed by atoms with Gasteiger partial charge < -0.3 is 4.74 Å². The fraction of sp³-hybridized carbons (Fsp3) is 0.273. The number of esters is 1. The molecule has 16 heavy (non-hydrogen) atoms. The number of nitriles is 1. The Bertz CT molecular complexity index is 452. The van der Waals surface area contributed by atoms with Crippen LogP contribution in [-0.4, -0.2) is 12.6 Å². The lowest BCUT2D eigenvalue weighted by Crippen LogP contribution is -2.08. The summed E-state index contributed by atoms with van der Waals surface area (Å²) in [7, 11) is 0. The van der Waals surface area contributed by atoms with Gasteiger partial charge in [-0.2, -0.15) is 5.26 Å². The molecule has 0 heterocycles. The molecule has 0 atom stereocenters. The zero-order valence-corrected chi connectivity index (χ0v) is 11.8. The summed E-state index contributed by atoms with van der Waals surface area (Å²) in [6.45, 7) is 2.13. The Balaban J connectivity index is 2.95. The molecule has 0 saturated carbocycles. The first-order valence-corrected chi connectivity index (χ1v) is 6.20. The molecule has 0 radical (unpaired) electrons. The maximum Gasteiger partial charge on any atom is 0.310 e. The van der Waals surface area contributed by atoms with Crippen LogP contribution in [0.1, 0.15) is 18.1 Å². The van der Waals surface area contributed by atoms with Crippen molar-refractivity contribution in [2.24, 2.45) is 0 Å². The third kappa shape index (κ3) is 3.32. The third-order valence-electron chi connectivity index (χ3n) is 1.90. The van der Waals surface area contributed by atoms with Crippen molar-refractivity contribution in [1.29, 1.82) is 5.26 Å². The molecule has 1 rings (SSSR count). The van der Waals surface area contributed by atoms with Crippen LogP contribution >= 0.6 is 31.9 Å². The van der Waals surface area contributed by atoms with Crippen LogP contribution in [0.4, 0.5) is 0 Å². The number of hydrogen-bond acceptors (Lipinski definition) is 3. The lowest BCUT2D eigenvalue weighted by molar-refractivity contribution is -0.142. The minimum absolute atomic E-state index is 0.193. The fourth-order valence-corrected chi connectivity index (χ4v) is 2.14. The lowest BCUT2D eigenvalue weighted by Gasteiger charge is -2.06. The molecule has 0 aliphatic carbocycles. The number of rotatable bonds is 3. The number of carbonyl (C=O) groups excluding carboxylic acids is 1. The molecule has 1 aromatic carbocycles. The molecule has 1 aromatic rings. The highest BCUT2D eigenvalue weighted by atomic mass is 79.9. The SMILES string of the molecule is CCOC(=O)Cc1cc(Br)c(C#N)cc1Br. The molecule has 0 aliphatic heterocycles. The lowest BCUT2D eigenvalue weighted by atomic mass is 10.1. The first-order valence-electron chi connectivity index (χ1n) is 4.62. The van der Waals surface area contributed by atoms with Gasteiger partial charge in [0.2, 0.25) is 0 Å². The van der Waals surface area contributed by atoms with Crippen LogP contribution in [0.15, 0.2) is 21.1 Å². The molecule has 0 aromatic heterocycles. The van der Waals surface area contributed by atoms with Crippen LogP contribution in [0, 0.1) is 11.3 Å². The number of halogens is 2. The quantitative estimate of drug-likeness (QED) is 0.790. The van der Waals surface area contributed by atoms with Crippen LogP contribution in [-0.2, 0) is 16.0 Å². The highest BCUT2D eigenvalue weighted by Gasteiger charge is 2.10. The Kier molecular flexibility index (Phi) is 4.97. The Morgan fingerprint density at radius 3 is 2.69 bits per heavy atom. The van der Waals surface area contributed by atoms with Crippen LogP contribution in [0.2, 0.25) is 0 Å². The molecular formula is C11H9Br2NO2. The van der Waals surface area contributed by atoms with E-state index < -0.39 is 0 Å². The van der Waals surface area contributed by atoms with Crippen molar-refractivity contribution in [1.82, 2.24) is 0 Å². The number of nitrogens with zero attached hydrogens (tertiary/aromatic N) is 1. The van der Waals surface area contributed by atoms with Gasteiger partial charge in [0.25, 0.3) is 0 Å². The monoisotopic (exact) mass is 345 g/mol. The topological polar surface area (TPSA) is 50.1 Å². The van der Waals surface area contributed by atoms with E-state index in [1.54, 1.807) is 19.1 Å². The minimum atomic E-state index is -0.278. The molecule has 0 bridgehead atoms. The van der Waals surface area contributed by atoms with Gasteiger partial charge in [-0.25, -0.2) is 0 Å². The van der Waals surface area contributed by atoms with Gasteiger partial charge in [0.05, 0.1) is 18.6 Å². The van der Waals surface area contributed by atoms with E-state index in [1.807, 2.05) is 6.07 Å². The van der Waals surface area contributed by atoms with Gasteiger partial charge in [0.15, 0.2) is 0 Å². The van der Waals surface area contributed by atoms with Crippen LogP contribution in [0.3, 0.4) is 0 Å². The second-order valence-corrected chi connectivity index (χ2v) is 4.73. The van der Waals surface area contributed by atoms with Crippen LogP contribution in [0.5, 0.6) is 0 Å². The summed E-state index contributed by atoms with van der Waals surface area (Å²) in [5.74, 6) is -0.278. The summed E-state index contributed by atoms with van der Waals surface area (Å²) in [5.41, 5.74) is 1.32. The summed E-state index contributed by atoms with van der Waals surface area (Å²) in [6.07, 6.45) is 0.193. The van der Waals surface area contributed by atoms with Gasteiger partial charge in [-0.1, -0.05) is 15.9 Å². The zero-order chi connectivity index (χ0) is 12.1. The van der Waals surface area contributed by atoms with E-state index in [1.165, 1.54) is 0 Å². The van der Waals surface area contributed by atoms with Crippen molar-refractivity contribution in [2.75, 3.05) is 6.61 Å². The van der Waals surface area contributed by atoms with Crippen molar-refractivity contribution >= 4 is 37.8 Å². The smallest absolute Gasteiger partial charge is 0.310 e. The van der Waals surface area contributed by atoms with E-state index >= 15 is 0 Å². The Morgan fingerprint density at radius 1 is 1.44 bits per heavy atom. The molecule has 0 spiro atoms. The average molecular weight is 347 g/mol. The van der Waals surface area contributed by atoms with Crippen molar-refractivity contribution in [3.8, 4) is 6.07 Å². The molecule has 3 nitrogen and oxygen atoms in total. The van der Waals surface area contributed by atoms with E-state index in [4.69, 9.17) is 10.00 Å². The molecule has 0 saturated heterocycles. The molecule has 0 N–H and O–H groups in total. The van der Waals surface area contributed by atoms with Crippen molar-refractivity contribution in [3.05, 3.63) is 32.2 Å². The Hall–Kier alpha value is -0.860. The van der Waals surface area contributed by atoms with E-state index in [0.717, 1.165) is 10.0 Å². The van der Waals surface area contributed by atoms with Gasteiger partial charge in [-0.05, 0) is 40.5 Å². The number of ether oxygens (including phenoxy) is 1. The molecule has 84 valence electrons. The first kappa shape index (κ1) is 13.2. The van der Waals surface area contributed by atoms with Gasteiger partial charge in [-0.15, -0.1) is 0 Å². The second-order valence-electron chi connectivity index (χ2n) is 3.02. The number of benzene rings is 1.